The molecule has 1 aliphatic carbocycles. The van der Waals surface area contributed by atoms with Crippen molar-refractivity contribution in [2.45, 2.75) is 38.5 Å². The van der Waals surface area contributed by atoms with Crippen molar-refractivity contribution >= 4 is 23.0 Å². The molecule has 0 unspecified atom stereocenters. The number of hydrogen-bond donors (Lipinski definition) is 2. The van der Waals surface area contributed by atoms with Crippen LogP contribution in [0, 0.1) is 11.7 Å². The SMILES string of the molecule is COc1ncc(-c2nc3nc(C(=O)O)nc(N[C@H](C)C4CC4)c3n2Cc2ccc(C(F)(F)F)cc2)cc1F. The Morgan fingerprint density at radius 3 is 2.50 bits per heavy atom. The molecular formula is C25H22F4N6O3. The van der Waals surface area contributed by atoms with Crippen LogP contribution in [0.25, 0.3) is 22.6 Å². The van der Waals surface area contributed by atoms with E-state index in [9.17, 15) is 27.5 Å². The van der Waals surface area contributed by atoms with Gasteiger partial charge in [0.15, 0.2) is 17.3 Å². The zero-order valence-electron chi connectivity index (χ0n) is 20.3. The second kappa shape index (κ2) is 9.54. The van der Waals surface area contributed by atoms with Crippen molar-refractivity contribution < 1.29 is 32.2 Å². The number of carboxylic acids is 1. The number of halogens is 4. The molecule has 0 aliphatic heterocycles. The zero-order chi connectivity index (χ0) is 27.2. The Morgan fingerprint density at radius 1 is 1.21 bits per heavy atom. The van der Waals surface area contributed by atoms with E-state index in [-0.39, 0.29) is 41.3 Å². The van der Waals surface area contributed by atoms with Crippen molar-refractivity contribution in [2.24, 2.45) is 5.92 Å². The average molecular weight is 530 g/mol. The van der Waals surface area contributed by atoms with E-state index in [1.54, 1.807) is 4.57 Å². The van der Waals surface area contributed by atoms with Gasteiger partial charge in [0.25, 0.3) is 0 Å². The Morgan fingerprint density at radius 2 is 1.92 bits per heavy atom. The monoisotopic (exact) mass is 530 g/mol. The number of nitrogens with zero attached hydrogens (tertiary/aromatic N) is 5. The second-order valence-corrected chi connectivity index (χ2v) is 9.07. The number of carboxylic acid groups (broad SMARTS) is 1. The molecule has 0 amide bonds. The molecule has 1 atom stereocenters. The van der Waals surface area contributed by atoms with Crippen LogP contribution < -0.4 is 10.1 Å². The highest BCUT2D eigenvalue weighted by Gasteiger charge is 2.31. The fourth-order valence-corrected chi connectivity index (χ4v) is 4.22. The van der Waals surface area contributed by atoms with Gasteiger partial charge in [0, 0.05) is 24.3 Å². The maximum Gasteiger partial charge on any atom is 0.416 e. The first kappa shape index (κ1) is 25.4. The minimum atomic E-state index is -4.49. The summed E-state index contributed by atoms with van der Waals surface area (Å²) in [4.78, 5) is 28.5. The number of rotatable bonds is 8. The summed E-state index contributed by atoms with van der Waals surface area (Å²) in [5.41, 5.74) is 0.276. The van der Waals surface area contributed by atoms with Crippen LogP contribution in [0.2, 0.25) is 0 Å². The molecule has 9 nitrogen and oxygen atoms in total. The number of nitrogens with one attached hydrogen (secondary N) is 1. The van der Waals surface area contributed by atoms with Crippen LogP contribution in [-0.4, -0.2) is 48.7 Å². The summed E-state index contributed by atoms with van der Waals surface area (Å²) in [6.07, 6.45) is -1.13. The van der Waals surface area contributed by atoms with Gasteiger partial charge in [0.05, 0.1) is 12.7 Å². The maximum atomic E-state index is 14.6. The number of ether oxygens (including phenoxy) is 1. The minimum absolute atomic E-state index is 0.0138. The van der Waals surface area contributed by atoms with Crippen LogP contribution in [0.5, 0.6) is 5.88 Å². The number of aromatic nitrogens is 5. The minimum Gasteiger partial charge on any atom is -0.479 e. The third-order valence-corrected chi connectivity index (χ3v) is 6.37. The van der Waals surface area contributed by atoms with Crippen molar-refractivity contribution in [1.82, 2.24) is 24.5 Å². The van der Waals surface area contributed by atoms with Gasteiger partial charge in [-0.05, 0) is 49.4 Å². The quantitative estimate of drug-likeness (QED) is 0.306. The lowest BCUT2D eigenvalue weighted by Gasteiger charge is -2.17. The van der Waals surface area contributed by atoms with Crippen molar-refractivity contribution in [1.29, 1.82) is 0 Å². The highest BCUT2D eigenvalue weighted by Crippen LogP contribution is 2.36. The molecule has 1 aliphatic rings. The van der Waals surface area contributed by atoms with Gasteiger partial charge in [-0.25, -0.2) is 29.1 Å². The van der Waals surface area contributed by atoms with Gasteiger partial charge in [0.1, 0.15) is 11.3 Å². The van der Waals surface area contributed by atoms with E-state index in [0.717, 1.165) is 31.0 Å². The topological polar surface area (TPSA) is 115 Å². The predicted octanol–water partition coefficient (Wildman–Crippen LogP) is 5.01. The largest absolute Gasteiger partial charge is 0.479 e. The molecule has 3 aromatic heterocycles. The number of hydrogen-bond acceptors (Lipinski definition) is 7. The number of imidazole rings is 1. The maximum absolute atomic E-state index is 14.6. The molecule has 0 radical (unpaired) electrons. The van der Waals surface area contributed by atoms with E-state index in [0.29, 0.717) is 17.0 Å². The van der Waals surface area contributed by atoms with E-state index in [2.05, 4.69) is 25.3 Å². The van der Waals surface area contributed by atoms with Crippen LogP contribution >= 0.6 is 0 Å². The number of aromatic carboxylic acids is 1. The smallest absolute Gasteiger partial charge is 0.416 e. The molecule has 1 aromatic carbocycles. The molecule has 5 rings (SSSR count). The van der Waals surface area contributed by atoms with Crippen molar-refractivity contribution in [2.75, 3.05) is 12.4 Å². The zero-order valence-corrected chi connectivity index (χ0v) is 20.3. The molecule has 198 valence electrons. The summed E-state index contributed by atoms with van der Waals surface area (Å²) in [6, 6.07) is 5.72. The lowest BCUT2D eigenvalue weighted by Crippen LogP contribution is -2.20. The molecule has 3 heterocycles. The summed E-state index contributed by atoms with van der Waals surface area (Å²) < 4.78 is 60.4. The van der Waals surface area contributed by atoms with Gasteiger partial charge < -0.3 is 19.7 Å². The summed E-state index contributed by atoms with van der Waals surface area (Å²) in [7, 11) is 1.27. The number of anilines is 1. The van der Waals surface area contributed by atoms with E-state index in [4.69, 9.17) is 4.74 Å². The highest BCUT2D eigenvalue weighted by atomic mass is 19.4. The van der Waals surface area contributed by atoms with E-state index in [1.165, 1.54) is 25.4 Å². The Hall–Kier alpha value is -4.29. The lowest BCUT2D eigenvalue weighted by molar-refractivity contribution is -0.137. The molecule has 1 saturated carbocycles. The molecule has 0 saturated heterocycles. The summed E-state index contributed by atoms with van der Waals surface area (Å²) in [6.45, 7) is 1.96. The van der Waals surface area contributed by atoms with Crippen LogP contribution in [0.1, 0.15) is 41.5 Å². The van der Waals surface area contributed by atoms with Gasteiger partial charge in [0.2, 0.25) is 11.7 Å². The molecule has 1 fully saturated rings. The Labute approximate surface area is 213 Å². The van der Waals surface area contributed by atoms with Gasteiger partial charge in [-0.3, -0.25) is 0 Å². The fourth-order valence-electron chi connectivity index (χ4n) is 4.22. The van der Waals surface area contributed by atoms with Crippen molar-refractivity contribution in [3.63, 3.8) is 0 Å². The number of alkyl halides is 3. The number of fused-ring (bicyclic) bond motifs is 1. The number of carbonyl (C=O) groups is 1. The number of pyridine rings is 1. The molecule has 0 spiro atoms. The Bertz CT molecular complexity index is 1520. The van der Waals surface area contributed by atoms with Gasteiger partial charge in [-0.2, -0.15) is 13.2 Å². The first-order valence-corrected chi connectivity index (χ1v) is 11.7. The molecule has 0 bridgehead atoms. The third-order valence-electron chi connectivity index (χ3n) is 6.37. The summed E-state index contributed by atoms with van der Waals surface area (Å²) in [5.74, 6) is -2.05. The van der Waals surface area contributed by atoms with Gasteiger partial charge >= 0.3 is 12.1 Å². The molecule has 4 aromatic rings. The standard InChI is InChI=1S/C25H22F4N6O3/c1-12(14-5-6-14)31-19-18-20(33-21(32-19)24(36)37)34-22(15-9-17(26)23(38-2)30-10-15)35(18)11-13-3-7-16(8-4-13)25(27,28)29/h3-4,7-10,12,14H,5-6,11H2,1-2H3,(H,36,37)(H,31,32,33)/t12-/m1/s1. The average Bonchev–Trinajstić information content (AvgIpc) is 3.66. The normalized spacial score (nSPS) is 14.5. The molecular weight excluding hydrogens is 508 g/mol. The van der Waals surface area contributed by atoms with E-state index < -0.39 is 29.4 Å². The van der Waals surface area contributed by atoms with E-state index >= 15 is 0 Å². The summed E-state index contributed by atoms with van der Waals surface area (Å²) in [5, 5.41) is 12.8. The number of benzene rings is 1. The van der Waals surface area contributed by atoms with Crippen molar-refractivity contribution in [3.05, 3.63) is 59.3 Å². The second-order valence-electron chi connectivity index (χ2n) is 9.07. The fraction of sp³-hybridized carbons (Fsp3) is 0.320. The van der Waals surface area contributed by atoms with Gasteiger partial charge in [-0.15, -0.1) is 0 Å². The van der Waals surface area contributed by atoms with Crippen LogP contribution in [0.15, 0.2) is 36.5 Å². The lowest BCUT2D eigenvalue weighted by atomic mass is 10.1. The van der Waals surface area contributed by atoms with Crippen LogP contribution in [0.3, 0.4) is 0 Å². The predicted molar refractivity (Wildman–Crippen MR) is 128 cm³/mol. The Balaban J connectivity index is 1.70. The van der Waals surface area contributed by atoms with Crippen LogP contribution in [0.4, 0.5) is 23.4 Å². The third kappa shape index (κ3) is 4.95. The number of methoxy groups -OCH3 is 1. The van der Waals surface area contributed by atoms with Crippen molar-refractivity contribution in [3.8, 4) is 17.3 Å². The summed E-state index contributed by atoms with van der Waals surface area (Å²) >= 11 is 0. The first-order chi connectivity index (χ1) is 18.0. The van der Waals surface area contributed by atoms with Gasteiger partial charge in [-0.1, -0.05) is 12.1 Å². The molecule has 13 heteroatoms. The molecule has 2 N–H and O–H groups in total. The van der Waals surface area contributed by atoms with E-state index in [1.807, 2.05) is 6.92 Å². The highest BCUT2D eigenvalue weighted by molar-refractivity contribution is 5.92. The Kier molecular flexibility index (Phi) is 6.37. The van der Waals surface area contributed by atoms with Crippen LogP contribution in [-0.2, 0) is 12.7 Å². The first-order valence-electron chi connectivity index (χ1n) is 11.7. The molecule has 38 heavy (non-hydrogen) atoms.